The van der Waals surface area contributed by atoms with Gasteiger partial charge in [-0.3, -0.25) is 14.4 Å². The number of alkyl halides is 3. The number of amides is 2. The van der Waals surface area contributed by atoms with Crippen molar-refractivity contribution < 1.29 is 27.2 Å². The molecule has 0 saturated carbocycles. The first-order valence-corrected chi connectivity index (χ1v) is 9.96. The van der Waals surface area contributed by atoms with E-state index in [4.69, 9.17) is 0 Å². The van der Waals surface area contributed by atoms with Gasteiger partial charge in [0.05, 0.1) is 11.3 Å². The number of aromatic nitrogens is 2. The lowest BCUT2D eigenvalue weighted by atomic mass is 10.0. The lowest BCUT2D eigenvalue weighted by Crippen LogP contribution is -2.56. The van der Waals surface area contributed by atoms with Gasteiger partial charge in [-0.15, -0.1) is 0 Å². The van der Waals surface area contributed by atoms with E-state index < -0.39 is 29.0 Å². The van der Waals surface area contributed by atoms with Crippen molar-refractivity contribution >= 4 is 11.8 Å². The molecule has 0 radical (unpaired) electrons. The van der Waals surface area contributed by atoms with Crippen LogP contribution in [-0.4, -0.2) is 57.5 Å². The molecule has 0 spiro atoms. The highest BCUT2D eigenvalue weighted by atomic mass is 19.4. The van der Waals surface area contributed by atoms with Crippen molar-refractivity contribution in [2.45, 2.75) is 39.4 Å². The maximum Gasteiger partial charge on any atom is 0.422 e. The Morgan fingerprint density at radius 2 is 1.97 bits per heavy atom. The molecule has 7 nitrogen and oxygen atoms in total. The highest BCUT2D eigenvalue weighted by molar-refractivity contribution is 5.97. The van der Waals surface area contributed by atoms with Crippen LogP contribution in [0.5, 0.6) is 0 Å². The fourth-order valence-electron chi connectivity index (χ4n) is 3.92. The molecule has 2 heterocycles. The molecule has 1 aromatic heterocycles. The van der Waals surface area contributed by atoms with Crippen molar-refractivity contribution in [2.75, 3.05) is 19.6 Å². The van der Waals surface area contributed by atoms with Crippen LogP contribution in [0.4, 0.5) is 17.6 Å². The summed E-state index contributed by atoms with van der Waals surface area (Å²) in [6, 6.07) is 3.37. The summed E-state index contributed by atoms with van der Waals surface area (Å²) >= 11 is 0. The maximum absolute atomic E-state index is 14.4. The Morgan fingerprint density at radius 1 is 1.28 bits per heavy atom. The van der Waals surface area contributed by atoms with Crippen LogP contribution in [0, 0.1) is 12.7 Å². The second-order valence-corrected chi connectivity index (χ2v) is 7.70. The number of H-pyrrole nitrogens is 1. The van der Waals surface area contributed by atoms with Crippen molar-refractivity contribution in [3.05, 3.63) is 62.3 Å². The van der Waals surface area contributed by atoms with Crippen LogP contribution >= 0.6 is 0 Å². The number of piperazine rings is 1. The molecule has 1 saturated heterocycles. The molecule has 1 unspecified atom stereocenters. The lowest BCUT2D eigenvalue weighted by molar-refractivity contribution is -0.139. The number of nitrogens with zero attached hydrogens (tertiary/aromatic N) is 3. The number of carbonyl (C=O) groups excluding carboxylic acids is 2. The van der Waals surface area contributed by atoms with Crippen LogP contribution in [0.25, 0.3) is 0 Å². The molecular formula is C21H22F4N4O3. The predicted octanol–water partition coefficient (Wildman–Crippen LogP) is 2.52. The fraction of sp³-hybridized carbons (Fsp3) is 0.429. The number of nitrogens with one attached hydrogen (secondary N) is 1. The molecule has 1 aromatic carbocycles. The van der Waals surface area contributed by atoms with E-state index in [9.17, 15) is 31.9 Å². The minimum Gasteiger partial charge on any atom is -0.337 e. The zero-order valence-electron chi connectivity index (χ0n) is 17.7. The Balaban J connectivity index is 1.90. The molecule has 1 atom stereocenters. The molecule has 32 heavy (non-hydrogen) atoms. The van der Waals surface area contributed by atoms with E-state index in [0.717, 1.165) is 13.0 Å². The topological polar surface area (TPSA) is 86.4 Å². The monoisotopic (exact) mass is 454 g/mol. The highest BCUT2D eigenvalue weighted by Gasteiger charge is 2.37. The number of rotatable bonds is 4. The summed E-state index contributed by atoms with van der Waals surface area (Å²) in [7, 11) is 0. The number of hydrogen-bond acceptors (Lipinski definition) is 4. The molecule has 1 N–H and O–H groups in total. The molecule has 0 aliphatic carbocycles. The number of hydrogen-bond donors (Lipinski definition) is 1. The smallest absolute Gasteiger partial charge is 0.337 e. The Hall–Kier alpha value is -3.24. The van der Waals surface area contributed by atoms with Crippen LogP contribution in [0.15, 0.2) is 23.0 Å². The van der Waals surface area contributed by atoms with Crippen LogP contribution in [0.1, 0.15) is 46.6 Å². The van der Waals surface area contributed by atoms with E-state index in [1.165, 1.54) is 17.0 Å². The number of aromatic amines is 1. The van der Waals surface area contributed by atoms with Gasteiger partial charge in [-0.05, 0) is 44.0 Å². The molecule has 2 amide bonds. The Kier molecular flexibility index (Phi) is 6.38. The molecule has 172 valence electrons. The normalized spacial score (nSPS) is 17.1. The van der Waals surface area contributed by atoms with E-state index in [-0.39, 0.29) is 48.3 Å². The van der Waals surface area contributed by atoms with Crippen LogP contribution in [0.3, 0.4) is 0 Å². The van der Waals surface area contributed by atoms with Crippen molar-refractivity contribution in [3.63, 3.8) is 0 Å². The summed E-state index contributed by atoms with van der Waals surface area (Å²) in [5, 5.41) is 5.53. The number of halogens is 4. The highest BCUT2D eigenvalue weighted by Crippen LogP contribution is 2.30. The lowest BCUT2D eigenvalue weighted by Gasteiger charge is -2.39. The Morgan fingerprint density at radius 3 is 2.56 bits per heavy atom. The van der Waals surface area contributed by atoms with Gasteiger partial charge in [-0.1, -0.05) is 6.07 Å². The molecule has 1 fully saturated rings. The van der Waals surface area contributed by atoms with Crippen molar-refractivity contribution in [1.29, 1.82) is 0 Å². The van der Waals surface area contributed by atoms with Crippen LogP contribution in [-0.2, 0) is 17.4 Å². The van der Waals surface area contributed by atoms with E-state index in [1.54, 1.807) is 11.8 Å². The maximum atomic E-state index is 14.4. The van der Waals surface area contributed by atoms with Gasteiger partial charge in [-0.25, -0.2) is 9.49 Å². The molecule has 1 aliphatic heterocycles. The largest absolute Gasteiger partial charge is 0.422 e. The van der Waals surface area contributed by atoms with Gasteiger partial charge >= 0.3 is 6.18 Å². The van der Waals surface area contributed by atoms with Crippen LogP contribution in [0.2, 0.25) is 0 Å². The summed E-state index contributed by atoms with van der Waals surface area (Å²) in [6.07, 6.45) is -5.02. The Bertz CT molecular complexity index is 1110. The fourth-order valence-corrected chi connectivity index (χ4v) is 3.92. The van der Waals surface area contributed by atoms with E-state index in [1.807, 2.05) is 12.0 Å². The second kappa shape index (κ2) is 8.71. The van der Waals surface area contributed by atoms with Gasteiger partial charge in [0.25, 0.3) is 11.5 Å². The Labute approximate surface area is 181 Å². The quantitative estimate of drug-likeness (QED) is 0.720. The number of carbonyl (C=O) groups is 2. The summed E-state index contributed by atoms with van der Waals surface area (Å²) in [4.78, 5) is 39.6. The number of benzene rings is 1. The van der Waals surface area contributed by atoms with E-state index in [2.05, 4.69) is 5.10 Å². The summed E-state index contributed by atoms with van der Waals surface area (Å²) in [6.45, 7) is 5.30. The summed E-state index contributed by atoms with van der Waals surface area (Å²) < 4.78 is 54.0. The van der Waals surface area contributed by atoms with E-state index in [0.29, 0.717) is 12.1 Å². The molecule has 3 rings (SSSR count). The SMILES string of the molecule is CCN1C(=O)CN(C(=O)c2cc(Cc3n[nH]c(=O)c(C(F)(F)F)c3C)ccc2F)CC1C. The first-order chi connectivity index (χ1) is 14.9. The third kappa shape index (κ3) is 4.51. The molecule has 2 aromatic rings. The molecule has 11 heteroatoms. The number of likely N-dealkylation sites (N-methyl/N-ethyl adjacent to an activating group) is 1. The van der Waals surface area contributed by atoms with Gasteiger partial charge in [-0.2, -0.15) is 18.3 Å². The van der Waals surface area contributed by atoms with Crippen LogP contribution < -0.4 is 5.56 Å². The summed E-state index contributed by atoms with van der Waals surface area (Å²) in [5.41, 5.74) is -3.04. The van der Waals surface area contributed by atoms with Gasteiger partial charge in [0, 0.05) is 25.6 Å². The first-order valence-electron chi connectivity index (χ1n) is 9.96. The first kappa shape index (κ1) is 23.4. The zero-order valence-corrected chi connectivity index (χ0v) is 17.7. The van der Waals surface area contributed by atoms with Gasteiger partial charge in [0.15, 0.2) is 0 Å². The third-order valence-corrected chi connectivity index (χ3v) is 5.53. The van der Waals surface area contributed by atoms with Gasteiger partial charge in [0.1, 0.15) is 17.9 Å². The minimum absolute atomic E-state index is 0.0534. The second-order valence-electron chi connectivity index (χ2n) is 7.70. The van der Waals surface area contributed by atoms with Crippen molar-refractivity contribution in [2.24, 2.45) is 0 Å². The summed E-state index contributed by atoms with van der Waals surface area (Å²) in [5.74, 6) is -1.73. The van der Waals surface area contributed by atoms with E-state index >= 15 is 0 Å². The average molecular weight is 454 g/mol. The average Bonchev–Trinajstić information content (AvgIpc) is 2.69. The zero-order chi connectivity index (χ0) is 23.8. The third-order valence-electron chi connectivity index (χ3n) is 5.53. The molecule has 1 aliphatic rings. The van der Waals surface area contributed by atoms with Crippen molar-refractivity contribution in [3.8, 4) is 0 Å². The predicted molar refractivity (Wildman–Crippen MR) is 107 cm³/mol. The van der Waals surface area contributed by atoms with Gasteiger partial charge in [0.2, 0.25) is 5.91 Å². The van der Waals surface area contributed by atoms with Gasteiger partial charge < -0.3 is 9.80 Å². The minimum atomic E-state index is -4.86. The molecular weight excluding hydrogens is 432 g/mol. The van der Waals surface area contributed by atoms with Crippen molar-refractivity contribution in [1.82, 2.24) is 20.0 Å². The molecule has 0 bridgehead atoms. The standard InChI is InChI=1S/C21H22F4N4O3/c1-4-29-11(2)9-28(10-17(29)30)20(32)14-7-13(5-6-15(14)22)8-16-12(3)18(21(23,24)25)19(31)27-26-16/h5-7,11H,4,8-10H2,1-3H3,(H,27,31).